The molecule has 82 valence electrons. The van der Waals surface area contributed by atoms with E-state index in [0.29, 0.717) is 0 Å². The first-order valence-corrected chi connectivity index (χ1v) is 6.22. The van der Waals surface area contributed by atoms with Crippen LogP contribution in [0, 0.1) is 11.8 Å². The second kappa shape index (κ2) is 4.63. The van der Waals surface area contributed by atoms with Gasteiger partial charge in [0.25, 0.3) is 0 Å². The Labute approximate surface area is 88.1 Å². The molecule has 2 heteroatoms. The van der Waals surface area contributed by atoms with Crippen LogP contribution < -0.4 is 5.32 Å². The molecule has 2 heterocycles. The third-order valence-electron chi connectivity index (χ3n) is 4.02. The molecule has 0 aromatic heterocycles. The van der Waals surface area contributed by atoms with Gasteiger partial charge in [-0.3, -0.25) is 4.90 Å². The summed E-state index contributed by atoms with van der Waals surface area (Å²) >= 11 is 0. The fraction of sp³-hybridized carbons (Fsp3) is 1.00. The van der Waals surface area contributed by atoms with E-state index in [0.717, 1.165) is 17.9 Å². The van der Waals surface area contributed by atoms with Crippen LogP contribution in [0.15, 0.2) is 0 Å². The Morgan fingerprint density at radius 1 is 1.14 bits per heavy atom. The summed E-state index contributed by atoms with van der Waals surface area (Å²) in [6.45, 7) is 9.92. The van der Waals surface area contributed by atoms with Gasteiger partial charge in [-0.15, -0.1) is 0 Å². The maximum absolute atomic E-state index is 3.45. The lowest BCUT2D eigenvalue weighted by Crippen LogP contribution is -2.42. The summed E-state index contributed by atoms with van der Waals surface area (Å²) < 4.78 is 0. The van der Waals surface area contributed by atoms with Crippen LogP contribution in [0.1, 0.15) is 33.1 Å². The summed E-state index contributed by atoms with van der Waals surface area (Å²) in [7, 11) is 0. The molecular formula is C12H24N2. The Bertz CT molecular complexity index is 173. The van der Waals surface area contributed by atoms with Gasteiger partial charge in [-0.25, -0.2) is 0 Å². The van der Waals surface area contributed by atoms with Crippen molar-refractivity contribution >= 4 is 0 Å². The molecule has 14 heavy (non-hydrogen) atoms. The predicted molar refractivity (Wildman–Crippen MR) is 60.4 cm³/mol. The zero-order valence-corrected chi connectivity index (χ0v) is 9.63. The monoisotopic (exact) mass is 196 g/mol. The van der Waals surface area contributed by atoms with E-state index in [1.54, 1.807) is 0 Å². The van der Waals surface area contributed by atoms with E-state index >= 15 is 0 Å². The van der Waals surface area contributed by atoms with Gasteiger partial charge in [-0.1, -0.05) is 13.8 Å². The average Bonchev–Trinajstić information content (AvgIpc) is 2.68. The van der Waals surface area contributed by atoms with Crippen molar-refractivity contribution in [3.8, 4) is 0 Å². The third-order valence-corrected chi connectivity index (χ3v) is 4.02. The largest absolute Gasteiger partial charge is 0.317 e. The summed E-state index contributed by atoms with van der Waals surface area (Å²) in [5.74, 6) is 1.84. The van der Waals surface area contributed by atoms with Crippen LogP contribution in [0.2, 0.25) is 0 Å². The molecule has 0 bridgehead atoms. The second-order valence-electron chi connectivity index (χ2n) is 5.27. The molecule has 1 atom stereocenters. The standard InChI is InChI=1S/C12H24N2/c1-10(2)11-5-8-14(9-11)12-3-6-13-7-4-12/h10-13H,3-9H2,1-2H3/t11-/m0/s1. The van der Waals surface area contributed by atoms with Gasteiger partial charge < -0.3 is 5.32 Å². The molecule has 0 saturated carbocycles. The number of rotatable bonds is 2. The Hall–Kier alpha value is -0.0800. The molecule has 2 aliphatic heterocycles. The third kappa shape index (κ3) is 2.29. The van der Waals surface area contributed by atoms with Crippen molar-refractivity contribution in [3.63, 3.8) is 0 Å². The summed E-state index contributed by atoms with van der Waals surface area (Å²) in [5, 5.41) is 3.45. The number of nitrogens with zero attached hydrogens (tertiary/aromatic N) is 1. The zero-order chi connectivity index (χ0) is 9.97. The SMILES string of the molecule is CC(C)[C@H]1CCN(C2CCNCC2)C1. The highest BCUT2D eigenvalue weighted by Crippen LogP contribution is 2.27. The van der Waals surface area contributed by atoms with Gasteiger partial charge in [0.15, 0.2) is 0 Å². The molecule has 2 nitrogen and oxygen atoms in total. The molecule has 2 fully saturated rings. The Balaban J connectivity index is 1.82. The first-order chi connectivity index (χ1) is 6.77. The van der Waals surface area contributed by atoms with Crippen LogP contribution in [0.25, 0.3) is 0 Å². The topological polar surface area (TPSA) is 15.3 Å². The number of hydrogen-bond donors (Lipinski definition) is 1. The van der Waals surface area contributed by atoms with Crippen molar-refractivity contribution in [3.05, 3.63) is 0 Å². The van der Waals surface area contributed by atoms with E-state index in [-0.39, 0.29) is 0 Å². The molecule has 2 saturated heterocycles. The molecule has 0 radical (unpaired) electrons. The number of nitrogens with one attached hydrogen (secondary N) is 1. The van der Waals surface area contributed by atoms with Crippen molar-refractivity contribution < 1.29 is 0 Å². The quantitative estimate of drug-likeness (QED) is 0.723. The summed E-state index contributed by atoms with van der Waals surface area (Å²) in [6, 6.07) is 0.889. The minimum atomic E-state index is 0.877. The average molecular weight is 196 g/mol. The van der Waals surface area contributed by atoms with E-state index in [1.165, 1.54) is 45.4 Å². The molecular weight excluding hydrogens is 172 g/mol. The first kappa shape index (κ1) is 10.4. The van der Waals surface area contributed by atoms with Crippen LogP contribution >= 0.6 is 0 Å². The van der Waals surface area contributed by atoms with Crippen molar-refractivity contribution in [2.75, 3.05) is 26.2 Å². The highest BCUT2D eigenvalue weighted by atomic mass is 15.2. The van der Waals surface area contributed by atoms with E-state index in [4.69, 9.17) is 0 Å². The van der Waals surface area contributed by atoms with Crippen molar-refractivity contribution in [1.82, 2.24) is 10.2 Å². The van der Waals surface area contributed by atoms with E-state index in [9.17, 15) is 0 Å². The molecule has 2 aliphatic rings. The Kier molecular flexibility index (Phi) is 3.45. The first-order valence-electron chi connectivity index (χ1n) is 6.22. The van der Waals surface area contributed by atoms with Gasteiger partial charge in [0.05, 0.1) is 0 Å². The van der Waals surface area contributed by atoms with E-state index in [1.807, 2.05) is 0 Å². The minimum Gasteiger partial charge on any atom is -0.317 e. The van der Waals surface area contributed by atoms with E-state index in [2.05, 4.69) is 24.1 Å². The maximum Gasteiger partial charge on any atom is 0.0119 e. The highest BCUT2D eigenvalue weighted by Gasteiger charge is 2.30. The van der Waals surface area contributed by atoms with Crippen LogP contribution in [0.5, 0.6) is 0 Å². The number of likely N-dealkylation sites (tertiary alicyclic amines) is 1. The van der Waals surface area contributed by atoms with Gasteiger partial charge in [-0.05, 0) is 50.7 Å². The Morgan fingerprint density at radius 2 is 1.86 bits per heavy atom. The fourth-order valence-electron chi connectivity index (χ4n) is 2.86. The molecule has 0 unspecified atom stereocenters. The van der Waals surface area contributed by atoms with Crippen molar-refractivity contribution in [2.45, 2.75) is 39.2 Å². The number of piperidine rings is 1. The molecule has 2 rings (SSSR count). The van der Waals surface area contributed by atoms with Crippen LogP contribution in [-0.2, 0) is 0 Å². The summed E-state index contributed by atoms with van der Waals surface area (Å²) in [5.41, 5.74) is 0. The number of hydrogen-bond acceptors (Lipinski definition) is 2. The second-order valence-corrected chi connectivity index (χ2v) is 5.27. The highest BCUT2D eigenvalue weighted by molar-refractivity contribution is 4.85. The lowest BCUT2D eigenvalue weighted by molar-refractivity contribution is 0.187. The predicted octanol–water partition coefficient (Wildman–Crippen LogP) is 1.72. The van der Waals surface area contributed by atoms with Gasteiger partial charge in [-0.2, -0.15) is 0 Å². The molecule has 0 aliphatic carbocycles. The summed E-state index contributed by atoms with van der Waals surface area (Å²) in [4.78, 5) is 2.74. The van der Waals surface area contributed by atoms with Crippen molar-refractivity contribution in [2.24, 2.45) is 11.8 Å². The molecule has 0 aromatic rings. The molecule has 1 N–H and O–H groups in total. The zero-order valence-electron chi connectivity index (χ0n) is 9.63. The fourth-order valence-corrected chi connectivity index (χ4v) is 2.86. The Morgan fingerprint density at radius 3 is 2.43 bits per heavy atom. The maximum atomic E-state index is 3.45. The van der Waals surface area contributed by atoms with Crippen molar-refractivity contribution in [1.29, 1.82) is 0 Å². The van der Waals surface area contributed by atoms with Crippen LogP contribution in [-0.4, -0.2) is 37.1 Å². The lowest BCUT2D eigenvalue weighted by atomic mass is 9.95. The summed E-state index contributed by atoms with van der Waals surface area (Å²) in [6.07, 6.45) is 4.16. The lowest BCUT2D eigenvalue weighted by Gasteiger charge is -2.31. The molecule has 0 spiro atoms. The smallest absolute Gasteiger partial charge is 0.0119 e. The minimum absolute atomic E-state index is 0.877. The van der Waals surface area contributed by atoms with Crippen LogP contribution in [0.4, 0.5) is 0 Å². The van der Waals surface area contributed by atoms with E-state index < -0.39 is 0 Å². The van der Waals surface area contributed by atoms with Gasteiger partial charge in [0.1, 0.15) is 0 Å². The van der Waals surface area contributed by atoms with Gasteiger partial charge in [0.2, 0.25) is 0 Å². The van der Waals surface area contributed by atoms with Gasteiger partial charge in [0, 0.05) is 12.6 Å². The molecule has 0 amide bonds. The van der Waals surface area contributed by atoms with Crippen LogP contribution in [0.3, 0.4) is 0 Å². The normalized spacial score (nSPS) is 31.5. The van der Waals surface area contributed by atoms with Gasteiger partial charge >= 0.3 is 0 Å². The molecule has 0 aromatic carbocycles.